The maximum absolute atomic E-state index is 12.6. The average molecular weight is 358 g/mol. The zero-order chi connectivity index (χ0) is 17.4. The van der Waals surface area contributed by atoms with Crippen molar-refractivity contribution >= 4 is 17.5 Å². The van der Waals surface area contributed by atoms with Crippen molar-refractivity contribution in [1.29, 1.82) is 0 Å². The molecule has 2 fully saturated rings. The Bertz CT molecular complexity index is 781. The lowest BCUT2D eigenvalue weighted by Crippen LogP contribution is -2.26. The number of nitrogens with one attached hydrogen (secondary N) is 1. The Morgan fingerprint density at radius 1 is 1.20 bits per heavy atom. The Morgan fingerprint density at radius 2 is 2.00 bits per heavy atom. The van der Waals surface area contributed by atoms with Crippen LogP contribution in [0.2, 0.25) is 5.02 Å². The lowest BCUT2D eigenvalue weighted by molar-refractivity contribution is 0.0881. The molecule has 1 aliphatic heterocycles. The van der Waals surface area contributed by atoms with Crippen molar-refractivity contribution in [2.45, 2.75) is 6.42 Å². The van der Waals surface area contributed by atoms with E-state index in [2.05, 4.69) is 5.32 Å². The second kappa shape index (κ2) is 6.70. The van der Waals surface area contributed by atoms with Crippen LogP contribution in [0.5, 0.6) is 5.75 Å². The number of ether oxygens (including phenoxy) is 1. The Labute approximate surface area is 151 Å². The van der Waals surface area contributed by atoms with Gasteiger partial charge in [-0.2, -0.15) is 0 Å². The Morgan fingerprint density at radius 3 is 2.72 bits per heavy atom. The second-order valence-electron chi connectivity index (χ2n) is 6.79. The molecule has 3 unspecified atom stereocenters. The Hall–Kier alpha value is -2.04. The number of carbonyl (C=O) groups excluding carboxylic acids is 1. The number of phenolic OH excluding ortho intramolecular Hbond substituents is 1. The summed E-state index contributed by atoms with van der Waals surface area (Å²) in [7, 11) is 0. The van der Waals surface area contributed by atoms with Gasteiger partial charge in [-0.25, -0.2) is 0 Å². The topological polar surface area (TPSA) is 58.6 Å². The van der Waals surface area contributed by atoms with Crippen LogP contribution in [0.25, 0.3) is 11.1 Å². The van der Waals surface area contributed by atoms with E-state index in [1.807, 2.05) is 30.3 Å². The van der Waals surface area contributed by atoms with E-state index < -0.39 is 0 Å². The SMILES string of the molecule is O=C(NCC1C2CCOCC21)c1cc(-c2ccccc2)cc(Cl)c1O. The third-order valence-corrected chi connectivity index (χ3v) is 5.62. The predicted molar refractivity (Wildman–Crippen MR) is 96.8 cm³/mol. The quantitative estimate of drug-likeness (QED) is 0.876. The first-order valence-corrected chi connectivity index (χ1v) is 8.97. The van der Waals surface area contributed by atoms with Gasteiger partial charge < -0.3 is 15.2 Å². The molecule has 2 N–H and O–H groups in total. The highest BCUT2D eigenvalue weighted by Gasteiger charge is 2.51. The minimum atomic E-state index is -0.290. The van der Waals surface area contributed by atoms with Gasteiger partial charge >= 0.3 is 0 Å². The van der Waals surface area contributed by atoms with Gasteiger partial charge in [-0.1, -0.05) is 41.9 Å². The van der Waals surface area contributed by atoms with Gasteiger partial charge in [-0.05, 0) is 47.4 Å². The second-order valence-corrected chi connectivity index (χ2v) is 7.19. The molecule has 1 amide bonds. The summed E-state index contributed by atoms with van der Waals surface area (Å²) < 4.78 is 5.47. The summed E-state index contributed by atoms with van der Waals surface area (Å²) in [6, 6.07) is 13.0. The van der Waals surface area contributed by atoms with Crippen molar-refractivity contribution in [2.75, 3.05) is 19.8 Å². The van der Waals surface area contributed by atoms with Crippen molar-refractivity contribution in [2.24, 2.45) is 17.8 Å². The molecule has 1 saturated heterocycles. The first-order chi connectivity index (χ1) is 12.1. The maximum atomic E-state index is 12.6. The lowest BCUT2D eigenvalue weighted by atomic mass is 10.0. The number of fused-ring (bicyclic) bond motifs is 1. The van der Waals surface area contributed by atoms with Gasteiger partial charge in [0, 0.05) is 19.8 Å². The third kappa shape index (κ3) is 3.24. The summed E-state index contributed by atoms with van der Waals surface area (Å²) in [6.07, 6.45) is 1.08. The number of rotatable bonds is 4. The molecular weight excluding hydrogens is 338 g/mol. The first kappa shape index (κ1) is 16.4. The molecule has 2 aromatic rings. The molecule has 25 heavy (non-hydrogen) atoms. The molecule has 1 heterocycles. The lowest BCUT2D eigenvalue weighted by Gasteiger charge is -2.11. The molecule has 4 nitrogen and oxygen atoms in total. The van der Waals surface area contributed by atoms with Crippen LogP contribution in [0.1, 0.15) is 16.8 Å². The van der Waals surface area contributed by atoms with Crippen LogP contribution in [0.3, 0.4) is 0 Å². The van der Waals surface area contributed by atoms with Crippen LogP contribution < -0.4 is 5.32 Å². The fraction of sp³-hybridized carbons (Fsp3) is 0.350. The Balaban J connectivity index is 1.51. The first-order valence-electron chi connectivity index (χ1n) is 8.59. The van der Waals surface area contributed by atoms with E-state index >= 15 is 0 Å². The van der Waals surface area contributed by atoms with Crippen LogP contribution in [0.15, 0.2) is 42.5 Å². The molecule has 130 valence electrons. The number of carbonyl (C=O) groups is 1. The van der Waals surface area contributed by atoms with E-state index in [0.29, 0.717) is 24.3 Å². The monoisotopic (exact) mass is 357 g/mol. The van der Waals surface area contributed by atoms with Crippen LogP contribution in [0, 0.1) is 17.8 Å². The number of phenols is 1. The molecular formula is C20H20ClNO3. The van der Waals surface area contributed by atoms with Crippen molar-refractivity contribution in [3.63, 3.8) is 0 Å². The third-order valence-electron chi connectivity index (χ3n) is 5.33. The van der Waals surface area contributed by atoms with Gasteiger partial charge in [0.25, 0.3) is 5.91 Å². The van der Waals surface area contributed by atoms with E-state index in [4.69, 9.17) is 16.3 Å². The number of benzene rings is 2. The zero-order valence-corrected chi connectivity index (χ0v) is 14.5. The summed E-state index contributed by atoms with van der Waals surface area (Å²) in [6.45, 7) is 2.23. The molecule has 5 heteroatoms. The summed E-state index contributed by atoms with van der Waals surface area (Å²) in [5.41, 5.74) is 1.97. The normalized spacial score (nSPS) is 24.4. The summed E-state index contributed by atoms with van der Waals surface area (Å²) in [4.78, 5) is 12.6. The molecule has 2 aromatic carbocycles. The van der Waals surface area contributed by atoms with Gasteiger partial charge in [0.2, 0.25) is 0 Å². The van der Waals surface area contributed by atoms with E-state index in [9.17, 15) is 9.90 Å². The van der Waals surface area contributed by atoms with Gasteiger partial charge in [-0.3, -0.25) is 4.79 Å². The van der Waals surface area contributed by atoms with Crippen LogP contribution >= 0.6 is 11.6 Å². The fourth-order valence-electron chi connectivity index (χ4n) is 3.82. The molecule has 0 aromatic heterocycles. The summed E-state index contributed by atoms with van der Waals surface area (Å²) in [5.74, 6) is 1.27. The summed E-state index contributed by atoms with van der Waals surface area (Å²) >= 11 is 6.14. The van der Waals surface area contributed by atoms with Gasteiger partial charge in [0.05, 0.1) is 10.6 Å². The molecule has 4 rings (SSSR count). The molecule has 2 aliphatic rings. The molecule has 1 saturated carbocycles. The zero-order valence-electron chi connectivity index (χ0n) is 13.7. The van der Waals surface area contributed by atoms with E-state index in [1.54, 1.807) is 12.1 Å². The standard InChI is InChI=1S/C20H20ClNO3/c21-18-9-13(12-4-2-1-3-5-12)8-15(19(18)23)20(24)22-10-16-14-6-7-25-11-17(14)16/h1-5,8-9,14,16-17,23H,6-7,10-11H2,(H,22,24). The molecule has 3 atom stereocenters. The molecule has 0 spiro atoms. The largest absolute Gasteiger partial charge is 0.506 e. The van der Waals surface area contributed by atoms with E-state index in [1.165, 1.54) is 0 Å². The highest BCUT2D eigenvalue weighted by molar-refractivity contribution is 6.33. The predicted octanol–water partition coefficient (Wildman–Crippen LogP) is 3.72. The number of hydrogen-bond donors (Lipinski definition) is 2. The van der Waals surface area contributed by atoms with Crippen molar-refractivity contribution in [1.82, 2.24) is 5.32 Å². The van der Waals surface area contributed by atoms with Crippen molar-refractivity contribution in [3.8, 4) is 16.9 Å². The Kier molecular flexibility index (Phi) is 4.40. The number of amides is 1. The van der Waals surface area contributed by atoms with Gasteiger partial charge in [0.1, 0.15) is 5.75 Å². The van der Waals surface area contributed by atoms with E-state index in [0.717, 1.165) is 30.8 Å². The maximum Gasteiger partial charge on any atom is 0.255 e. The average Bonchev–Trinajstić information content (AvgIpc) is 3.36. The van der Waals surface area contributed by atoms with E-state index in [-0.39, 0.29) is 22.2 Å². The van der Waals surface area contributed by atoms with Crippen LogP contribution in [-0.2, 0) is 4.74 Å². The fourth-order valence-corrected chi connectivity index (χ4v) is 4.04. The van der Waals surface area contributed by atoms with Crippen molar-refractivity contribution in [3.05, 3.63) is 53.1 Å². The minimum absolute atomic E-state index is 0.171. The molecule has 0 radical (unpaired) electrons. The van der Waals surface area contributed by atoms with Crippen LogP contribution in [-0.4, -0.2) is 30.8 Å². The van der Waals surface area contributed by atoms with Crippen LogP contribution in [0.4, 0.5) is 0 Å². The number of halogens is 1. The molecule has 0 bridgehead atoms. The van der Waals surface area contributed by atoms with Crippen molar-refractivity contribution < 1.29 is 14.6 Å². The van der Waals surface area contributed by atoms with Gasteiger partial charge in [-0.15, -0.1) is 0 Å². The highest BCUT2D eigenvalue weighted by Crippen LogP contribution is 2.50. The smallest absolute Gasteiger partial charge is 0.255 e. The number of aromatic hydroxyl groups is 1. The molecule has 1 aliphatic carbocycles. The minimum Gasteiger partial charge on any atom is -0.506 e. The highest BCUT2D eigenvalue weighted by atomic mass is 35.5. The summed E-state index contributed by atoms with van der Waals surface area (Å²) in [5, 5.41) is 13.3. The number of hydrogen-bond acceptors (Lipinski definition) is 3. The van der Waals surface area contributed by atoms with Gasteiger partial charge in [0.15, 0.2) is 0 Å².